The van der Waals surface area contributed by atoms with E-state index in [2.05, 4.69) is 13.2 Å². The van der Waals surface area contributed by atoms with Crippen LogP contribution in [0.2, 0.25) is 0 Å². The van der Waals surface area contributed by atoms with Crippen LogP contribution in [0.5, 0.6) is 0 Å². The van der Waals surface area contributed by atoms with Crippen molar-refractivity contribution in [2.75, 3.05) is 0 Å². The molecule has 0 unspecified atom stereocenters. The maximum absolute atomic E-state index is 9.25. The number of carboxylic acids is 1. The van der Waals surface area contributed by atoms with E-state index in [1.54, 1.807) is 6.07 Å². The molecule has 0 aliphatic rings. The molecule has 0 aliphatic heterocycles. The Balaban J connectivity index is -0.0000000910. The summed E-state index contributed by atoms with van der Waals surface area (Å²) in [6.07, 6.45) is 2.01. The fourth-order valence-electron chi connectivity index (χ4n) is 0. The quantitative estimate of drug-likeness (QED) is 0.380. The molecule has 50 valence electrons. The third-order valence-electron chi connectivity index (χ3n) is 0.266. The van der Waals surface area contributed by atoms with E-state index in [-0.39, 0.29) is 19.5 Å². The Hall–Kier alpha value is -0.937. The smallest absolute Gasteiger partial charge is 0.327 e. The van der Waals surface area contributed by atoms with E-state index >= 15 is 0 Å². The van der Waals surface area contributed by atoms with Crippen molar-refractivity contribution < 1.29 is 29.4 Å². The predicted octanol–water partition coefficient (Wildman–Crippen LogP) is 0.950. The van der Waals surface area contributed by atoms with E-state index in [1.165, 1.54) is 6.08 Å². The Labute approximate surface area is 72.4 Å². The number of carboxylic acid groups (broad SMARTS) is 1. The summed E-state index contributed by atoms with van der Waals surface area (Å²) in [5.41, 5.74) is 0. The standard InChI is InChI=1S/C3H3N.C3H4O2.Zn/c1-2-3-4;1-2-3(4)5;/h2H,1H2;2H,1H2,(H,4,5);. The number of nitriles is 1. The maximum atomic E-state index is 9.25. The van der Waals surface area contributed by atoms with E-state index in [0.29, 0.717) is 0 Å². The molecule has 0 amide bonds. The molecule has 0 bridgehead atoms. The van der Waals surface area contributed by atoms with Crippen LogP contribution in [0.25, 0.3) is 0 Å². The number of rotatable bonds is 1. The van der Waals surface area contributed by atoms with Gasteiger partial charge in [-0.25, -0.2) is 4.79 Å². The third kappa shape index (κ3) is 61.0. The molecule has 1 N–H and O–H groups in total. The average molecular weight is 191 g/mol. The van der Waals surface area contributed by atoms with Gasteiger partial charge in [-0.2, -0.15) is 5.26 Å². The fourth-order valence-corrected chi connectivity index (χ4v) is 0. The topological polar surface area (TPSA) is 61.1 Å². The number of hydrogen-bond acceptors (Lipinski definition) is 2. The van der Waals surface area contributed by atoms with Crippen LogP contribution in [-0.2, 0) is 24.3 Å². The van der Waals surface area contributed by atoms with Gasteiger partial charge in [0.25, 0.3) is 0 Å². The van der Waals surface area contributed by atoms with Crippen molar-refractivity contribution in [1.82, 2.24) is 0 Å². The maximum Gasteiger partial charge on any atom is 0.327 e. The molecule has 10 heavy (non-hydrogen) atoms. The Morgan fingerprint density at radius 1 is 1.60 bits per heavy atom. The van der Waals surface area contributed by atoms with E-state index < -0.39 is 5.97 Å². The van der Waals surface area contributed by atoms with E-state index in [1.807, 2.05) is 0 Å². The molecule has 0 saturated carbocycles. The van der Waals surface area contributed by atoms with Gasteiger partial charge in [-0.3, -0.25) is 0 Å². The van der Waals surface area contributed by atoms with Gasteiger partial charge in [0.2, 0.25) is 0 Å². The van der Waals surface area contributed by atoms with Crippen LogP contribution in [0.15, 0.2) is 25.3 Å². The Kier molecular flexibility index (Phi) is 25.2. The summed E-state index contributed by atoms with van der Waals surface area (Å²) in [4.78, 5) is 9.25. The summed E-state index contributed by atoms with van der Waals surface area (Å²) < 4.78 is 0. The first kappa shape index (κ1) is 16.0. The van der Waals surface area contributed by atoms with Crippen LogP contribution in [0.4, 0.5) is 0 Å². The zero-order chi connectivity index (χ0) is 7.70. The van der Waals surface area contributed by atoms with Crippen LogP contribution in [0, 0.1) is 11.3 Å². The largest absolute Gasteiger partial charge is 0.478 e. The fraction of sp³-hybridized carbons (Fsp3) is 0. The van der Waals surface area contributed by atoms with Crippen LogP contribution in [0.3, 0.4) is 0 Å². The molecule has 0 radical (unpaired) electrons. The summed E-state index contributed by atoms with van der Waals surface area (Å²) in [7, 11) is 0. The molecule has 0 aromatic heterocycles. The van der Waals surface area contributed by atoms with Crippen molar-refractivity contribution >= 4 is 5.97 Å². The second kappa shape index (κ2) is 15.7. The molecular weight excluding hydrogens is 183 g/mol. The zero-order valence-corrected chi connectivity index (χ0v) is 8.55. The zero-order valence-electron chi connectivity index (χ0n) is 5.58. The number of aliphatic carboxylic acids is 1. The van der Waals surface area contributed by atoms with E-state index in [0.717, 1.165) is 6.08 Å². The molecular formula is C6H7NO2Zn. The van der Waals surface area contributed by atoms with Crippen molar-refractivity contribution in [3.8, 4) is 6.07 Å². The van der Waals surface area contributed by atoms with Gasteiger partial charge in [0.15, 0.2) is 0 Å². The minimum absolute atomic E-state index is 0. The summed E-state index contributed by atoms with van der Waals surface area (Å²) >= 11 is 0. The Bertz CT molecular complexity index is 148. The normalized spacial score (nSPS) is 4.70. The third-order valence-corrected chi connectivity index (χ3v) is 0.266. The Morgan fingerprint density at radius 3 is 1.80 bits per heavy atom. The first-order chi connectivity index (χ1) is 4.18. The van der Waals surface area contributed by atoms with Crippen molar-refractivity contribution in [2.45, 2.75) is 0 Å². The number of carbonyl (C=O) groups is 1. The first-order valence-corrected chi connectivity index (χ1v) is 2.05. The summed E-state index contributed by atoms with van der Waals surface area (Å²) in [5.74, 6) is -0.981. The van der Waals surface area contributed by atoms with Gasteiger partial charge < -0.3 is 5.11 Å². The summed E-state index contributed by atoms with van der Waals surface area (Å²) in [6, 6.07) is 1.69. The van der Waals surface area contributed by atoms with Crippen molar-refractivity contribution in [1.29, 1.82) is 5.26 Å². The molecule has 0 aliphatic carbocycles. The van der Waals surface area contributed by atoms with Gasteiger partial charge in [0, 0.05) is 31.6 Å². The average Bonchev–Trinajstić information content (AvgIpc) is 1.89. The van der Waals surface area contributed by atoms with Crippen molar-refractivity contribution in [3.05, 3.63) is 25.3 Å². The van der Waals surface area contributed by atoms with Gasteiger partial charge >= 0.3 is 5.97 Å². The van der Waals surface area contributed by atoms with Crippen molar-refractivity contribution in [3.63, 3.8) is 0 Å². The second-order valence-electron chi connectivity index (χ2n) is 0.876. The van der Waals surface area contributed by atoms with Crippen LogP contribution < -0.4 is 0 Å². The van der Waals surface area contributed by atoms with E-state index in [9.17, 15) is 4.79 Å². The number of allylic oxidation sites excluding steroid dienone is 1. The minimum Gasteiger partial charge on any atom is -0.478 e. The van der Waals surface area contributed by atoms with Crippen molar-refractivity contribution in [2.24, 2.45) is 0 Å². The van der Waals surface area contributed by atoms with Gasteiger partial charge in [-0.15, -0.1) is 0 Å². The van der Waals surface area contributed by atoms with Gasteiger partial charge in [0.05, 0.1) is 6.07 Å². The van der Waals surface area contributed by atoms with Gasteiger partial charge in [-0.1, -0.05) is 13.2 Å². The van der Waals surface area contributed by atoms with Crippen LogP contribution in [-0.4, -0.2) is 11.1 Å². The predicted molar refractivity (Wildman–Crippen MR) is 33.6 cm³/mol. The molecule has 4 heteroatoms. The Morgan fingerprint density at radius 2 is 1.80 bits per heavy atom. The molecule has 0 spiro atoms. The van der Waals surface area contributed by atoms with Gasteiger partial charge in [0.1, 0.15) is 0 Å². The first-order valence-electron chi connectivity index (χ1n) is 2.05. The van der Waals surface area contributed by atoms with Crippen LogP contribution >= 0.6 is 0 Å². The molecule has 0 atom stereocenters. The summed E-state index contributed by atoms with van der Waals surface area (Å²) in [5, 5.41) is 15.1. The molecule has 0 saturated heterocycles. The summed E-state index contributed by atoms with van der Waals surface area (Å²) in [6.45, 7) is 6.08. The molecule has 0 heterocycles. The minimum atomic E-state index is -0.981. The van der Waals surface area contributed by atoms with Gasteiger partial charge in [-0.05, 0) is 0 Å². The number of nitrogens with zero attached hydrogens (tertiary/aromatic N) is 1. The van der Waals surface area contributed by atoms with Crippen LogP contribution in [0.1, 0.15) is 0 Å². The molecule has 0 fully saturated rings. The van der Waals surface area contributed by atoms with E-state index in [4.69, 9.17) is 10.4 Å². The monoisotopic (exact) mass is 189 g/mol. The molecule has 0 aromatic rings. The molecule has 0 rings (SSSR count). The number of hydrogen-bond donors (Lipinski definition) is 1. The SMILES string of the molecule is C=CC#N.C=CC(=O)O.[Zn]. The molecule has 3 nitrogen and oxygen atoms in total. The molecule has 0 aromatic carbocycles. The second-order valence-corrected chi connectivity index (χ2v) is 0.876.